The van der Waals surface area contributed by atoms with E-state index in [1.54, 1.807) is 0 Å². The smallest absolute Gasteiger partial charge is 0.206 e. The zero-order chi connectivity index (χ0) is 13.7. The number of aliphatic imine (C=N–C) groups is 1. The second kappa shape index (κ2) is 7.10. The first-order valence-corrected chi connectivity index (χ1v) is 7.70. The largest absolute Gasteiger partial charge is 0.352 e. The molecule has 0 amide bonds. The van der Waals surface area contributed by atoms with E-state index in [1.165, 1.54) is 32.1 Å². The molecule has 0 bridgehead atoms. The van der Waals surface area contributed by atoms with Gasteiger partial charge in [-0.05, 0) is 39.7 Å². The molecular weight excluding hydrogens is 238 g/mol. The van der Waals surface area contributed by atoms with Gasteiger partial charge in [-0.25, -0.2) is 10.8 Å². The fraction of sp³-hybridized carbons (Fsp3) is 0.929. The quantitative estimate of drug-likeness (QED) is 0.304. The van der Waals surface area contributed by atoms with Crippen LogP contribution in [-0.2, 0) is 0 Å². The van der Waals surface area contributed by atoms with Crippen LogP contribution in [0.4, 0.5) is 0 Å². The number of hydrogen-bond acceptors (Lipinski definition) is 3. The zero-order valence-electron chi connectivity index (χ0n) is 12.4. The summed E-state index contributed by atoms with van der Waals surface area (Å²) >= 11 is 0. The third kappa shape index (κ3) is 4.35. The van der Waals surface area contributed by atoms with E-state index in [9.17, 15) is 0 Å². The van der Waals surface area contributed by atoms with Crippen molar-refractivity contribution in [1.82, 2.24) is 15.6 Å². The molecule has 1 saturated heterocycles. The van der Waals surface area contributed by atoms with E-state index in [0.29, 0.717) is 18.1 Å². The number of rotatable bonds is 2. The minimum atomic E-state index is 0.455. The molecule has 110 valence electrons. The number of hydrazine groups is 1. The van der Waals surface area contributed by atoms with E-state index in [-0.39, 0.29) is 0 Å². The fourth-order valence-corrected chi connectivity index (χ4v) is 3.12. The molecule has 0 aromatic carbocycles. The van der Waals surface area contributed by atoms with Gasteiger partial charge in [-0.15, -0.1) is 0 Å². The second-order valence-corrected chi connectivity index (χ2v) is 6.11. The molecule has 0 spiro atoms. The predicted molar refractivity (Wildman–Crippen MR) is 79.9 cm³/mol. The minimum absolute atomic E-state index is 0.455. The number of nitrogens with zero attached hydrogens (tertiary/aromatic N) is 2. The third-order valence-corrected chi connectivity index (χ3v) is 4.57. The van der Waals surface area contributed by atoms with Crippen LogP contribution >= 0.6 is 0 Å². The molecule has 2 fully saturated rings. The highest BCUT2D eigenvalue weighted by Crippen LogP contribution is 2.20. The van der Waals surface area contributed by atoms with E-state index >= 15 is 0 Å². The van der Waals surface area contributed by atoms with Gasteiger partial charge in [0.1, 0.15) is 0 Å². The van der Waals surface area contributed by atoms with Gasteiger partial charge in [-0.2, -0.15) is 0 Å². The first-order chi connectivity index (χ1) is 9.19. The minimum Gasteiger partial charge on any atom is -0.352 e. The van der Waals surface area contributed by atoms with E-state index in [2.05, 4.69) is 29.6 Å². The summed E-state index contributed by atoms with van der Waals surface area (Å²) < 4.78 is 0. The van der Waals surface area contributed by atoms with Crippen LogP contribution in [0.3, 0.4) is 0 Å². The third-order valence-electron chi connectivity index (χ3n) is 4.57. The van der Waals surface area contributed by atoms with Crippen molar-refractivity contribution in [3.05, 3.63) is 0 Å². The van der Waals surface area contributed by atoms with E-state index in [0.717, 1.165) is 25.3 Å². The number of hydrogen-bond donors (Lipinski definition) is 3. The SMILES string of the molecule is CC1CC(NC(=NC2CCCCC2)NN)CCN1C. The van der Waals surface area contributed by atoms with Crippen molar-refractivity contribution < 1.29 is 0 Å². The number of guanidine groups is 1. The molecule has 1 aliphatic heterocycles. The van der Waals surface area contributed by atoms with E-state index in [1.807, 2.05) is 0 Å². The van der Waals surface area contributed by atoms with E-state index in [4.69, 9.17) is 10.8 Å². The fourth-order valence-electron chi connectivity index (χ4n) is 3.12. The molecular formula is C14H29N5. The van der Waals surface area contributed by atoms with Crippen molar-refractivity contribution >= 4 is 5.96 Å². The lowest BCUT2D eigenvalue weighted by Gasteiger charge is -2.36. The highest BCUT2D eigenvalue weighted by molar-refractivity contribution is 5.79. The molecule has 4 N–H and O–H groups in total. The Morgan fingerprint density at radius 2 is 1.95 bits per heavy atom. The lowest BCUT2D eigenvalue weighted by atomic mass is 9.96. The summed E-state index contributed by atoms with van der Waals surface area (Å²) in [6.45, 7) is 3.42. The second-order valence-electron chi connectivity index (χ2n) is 6.11. The van der Waals surface area contributed by atoms with Crippen LogP contribution in [0.15, 0.2) is 4.99 Å². The van der Waals surface area contributed by atoms with Crippen LogP contribution in [0.1, 0.15) is 51.9 Å². The normalized spacial score (nSPS) is 31.2. The molecule has 1 saturated carbocycles. The Morgan fingerprint density at radius 3 is 2.58 bits per heavy atom. The highest BCUT2D eigenvalue weighted by atomic mass is 15.3. The summed E-state index contributed by atoms with van der Waals surface area (Å²) in [5, 5.41) is 3.49. The number of piperidine rings is 1. The van der Waals surface area contributed by atoms with Crippen molar-refractivity contribution in [2.24, 2.45) is 10.8 Å². The number of nitrogens with two attached hydrogens (primary N) is 1. The standard InChI is InChI=1S/C14H29N5/c1-11-10-13(8-9-19(11)2)17-14(18-15)16-12-6-4-3-5-7-12/h11-13H,3-10,15H2,1-2H3,(H2,16,17,18). The molecule has 0 radical (unpaired) electrons. The Balaban J connectivity index is 1.86. The average Bonchev–Trinajstić information content (AvgIpc) is 2.43. The Hall–Kier alpha value is -0.810. The van der Waals surface area contributed by atoms with Gasteiger partial charge in [-0.3, -0.25) is 5.43 Å². The topological polar surface area (TPSA) is 65.7 Å². The Morgan fingerprint density at radius 1 is 1.21 bits per heavy atom. The summed E-state index contributed by atoms with van der Waals surface area (Å²) in [4.78, 5) is 7.16. The molecule has 1 heterocycles. The van der Waals surface area contributed by atoms with Gasteiger partial charge in [0, 0.05) is 18.6 Å². The Labute approximate surface area is 117 Å². The van der Waals surface area contributed by atoms with Gasteiger partial charge in [0.15, 0.2) is 0 Å². The predicted octanol–water partition coefficient (Wildman–Crippen LogP) is 1.21. The summed E-state index contributed by atoms with van der Waals surface area (Å²) in [6, 6.07) is 1.57. The summed E-state index contributed by atoms with van der Waals surface area (Å²) in [5.41, 5.74) is 2.75. The van der Waals surface area contributed by atoms with Gasteiger partial charge in [0.25, 0.3) is 0 Å². The first-order valence-electron chi connectivity index (χ1n) is 7.70. The molecule has 19 heavy (non-hydrogen) atoms. The van der Waals surface area contributed by atoms with Crippen molar-refractivity contribution in [3.63, 3.8) is 0 Å². The first kappa shape index (κ1) is 14.6. The van der Waals surface area contributed by atoms with Crippen LogP contribution in [0.5, 0.6) is 0 Å². The number of nitrogens with one attached hydrogen (secondary N) is 2. The maximum Gasteiger partial charge on any atom is 0.206 e. The lowest BCUT2D eigenvalue weighted by molar-refractivity contribution is 0.176. The van der Waals surface area contributed by atoms with Crippen molar-refractivity contribution in [2.75, 3.05) is 13.6 Å². The summed E-state index contributed by atoms with van der Waals surface area (Å²) in [7, 11) is 2.19. The number of likely N-dealkylation sites (tertiary alicyclic amines) is 1. The van der Waals surface area contributed by atoms with Crippen LogP contribution in [0.25, 0.3) is 0 Å². The molecule has 2 rings (SSSR count). The molecule has 0 aromatic heterocycles. The molecule has 5 nitrogen and oxygen atoms in total. The van der Waals surface area contributed by atoms with Crippen LogP contribution in [0.2, 0.25) is 0 Å². The van der Waals surface area contributed by atoms with Crippen LogP contribution < -0.4 is 16.6 Å². The van der Waals surface area contributed by atoms with Gasteiger partial charge in [-0.1, -0.05) is 19.3 Å². The molecule has 2 atom stereocenters. The monoisotopic (exact) mass is 267 g/mol. The van der Waals surface area contributed by atoms with Crippen molar-refractivity contribution in [1.29, 1.82) is 0 Å². The molecule has 5 heteroatoms. The molecule has 2 aliphatic rings. The molecule has 2 unspecified atom stereocenters. The maximum absolute atomic E-state index is 5.62. The molecule has 1 aliphatic carbocycles. The van der Waals surface area contributed by atoms with Gasteiger partial charge in [0.2, 0.25) is 5.96 Å². The van der Waals surface area contributed by atoms with E-state index < -0.39 is 0 Å². The highest BCUT2D eigenvalue weighted by Gasteiger charge is 2.23. The lowest BCUT2D eigenvalue weighted by Crippen LogP contribution is -2.52. The van der Waals surface area contributed by atoms with Crippen LogP contribution in [-0.4, -0.2) is 42.6 Å². The summed E-state index contributed by atoms with van der Waals surface area (Å²) in [5.74, 6) is 6.40. The Bertz CT molecular complexity index is 298. The zero-order valence-corrected chi connectivity index (χ0v) is 12.4. The van der Waals surface area contributed by atoms with Gasteiger partial charge >= 0.3 is 0 Å². The summed E-state index contributed by atoms with van der Waals surface area (Å²) in [6.07, 6.45) is 8.69. The Kier molecular flexibility index (Phi) is 5.45. The van der Waals surface area contributed by atoms with Crippen LogP contribution in [0, 0.1) is 0 Å². The van der Waals surface area contributed by atoms with Crippen molar-refractivity contribution in [3.8, 4) is 0 Å². The van der Waals surface area contributed by atoms with Gasteiger partial charge < -0.3 is 10.2 Å². The maximum atomic E-state index is 5.62. The molecule has 0 aromatic rings. The van der Waals surface area contributed by atoms with Crippen molar-refractivity contribution in [2.45, 2.75) is 70.0 Å². The van der Waals surface area contributed by atoms with Gasteiger partial charge in [0.05, 0.1) is 6.04 Å². The average molecular weight is 267 g/mol.